The van der Waals surface area contributed by atoms with E-state index in [4.69, 9.17) is 0 Å². The number of hydrogen-bond acceptors (Lipinski definition) is 1. The van der Waals surface area contributed by atoms with Crippen molar-refractivity contribution in [3.63, 3.8) is 0 Å². The molecule has 0 aromatic heterocycles. The average Bonchev–Trinajstić information content (AvgIpc) is 2.53. The van der Waals surface area contributed by atoms with Crippen LogP contribution in [0.1, 0.15) is 28.3 Å². The molecule has 2 aromatic rings. The first-order valence-electron chi connectivity index (χ1n) is 7.48. The lowest BCUT2D eigenvalue weighted by Crippen LogP contribution is -2.31. The fourth-order valence-corrected chi connectivity index (χ4v) is 3.86. The number of hydrogen-bond donors (Lipinski definition) is 0. The van der Waals surface area contributed by atoms with Crippen LogP contribution in [0.3, 0.4) is 0 Å². The van der Waals surface area contributed by atoms with E-state index in [1.54, 1.807) is 36.2 Å². The molecule has 5 heteroatoms. The third-order valence-corrected chi connectivity index (χ3v) is 4.66. The number of allylic oxidation sites excluding steroid dienone is 1. The first-order chi connectivity index (χ1) is 11.4. The molecule has 0 aliphatic rings. The van der Waals surface area contributed by atoms with Crippen LogP contribution in [-0.2, 0) is 0 Å². The van der Waals surface area contributed by atoms with Crippen molar-refractivity contribution < 1.29 is 9.18 Å². The monoisotopic (exact) mass is 453 g/mol. The molecule has 0 unspecified atom stereocenters. The van der Waals surface area contributed by atoms with Crippen LogP contribution in [0, 0.1) is 5.82 Å². The van der Waals surface area contributed by atoms with E-state index in [0.717, 1.165) is 14.5 Å². The van der Waals surface area contributed by atoms with E-state index < -0.39 is 0 Å². The number of benzene rings is 2. The number of carbonyl (C=O) groups is 1. The van der Waals surface area contributed by atoms with Crippen molar-refractivity contribution in [2.24, 2.45) is 0 Å². The SMILES string of the molecule is C=CC[C@H](CN(C)C(=O)c1cc(Br)cc(Br)c1)c1ccc(F)cc1. The predicted octanol–water partition coefficient (Wildman–Crippen LogP) is 5.78. The number of nitrogens with zero attached hydrogens (tertiary/aromatic N) is 1. The van der Waals surface area contributed by atoms with E-state index in [-0.39, 0.29) is 17.6 Å². The summed E-state index contributed by atoms with van der Waals surface area (Å²) in [6.45, 7) is 4.32. The van der Waals surface area contributed by atoms with Gasteiger partial charge in [-0.1, -0.05) is 50.1 Å². The van der Waals surface area contributed by atoms with Gasteiger partial charge in [0.1, 0.15) is 5.82 Å². The minimum Gasteiger partial charge on any atom is -0.341 e. The van der Waals surface area contributed by atoms with Gasteiger partial charge in [0.05, 0.1) is 0 Å². The minimum atomic E-state index is -0.264. The zero-order chi connectivity index (χ0) is 17.7. The van der Waals surface area contributed by atoms with Crippen molar-refractivity contribution in [1.82, 2.24) is 4.90 Å². The molecule has 2 nitrogen and oxygen atoms in total. The van der Waals surface area contributed by atoms with Gasteiger partial charge < -0.3 is 4.90 Å². The Labute approximate surface area is 158 Å². The summed E-state index contributed by atoms with van der Waals surface area (Å²) in [6, 6.07) is 11.9. The summed E-state index contributed by atoms with van der Waals surface area (Å²) in [5, 5.41) is 0. The van der Waals surface area contributed by atoms with Gasteiger partial charge in [-0.3, -0.25) is 4.79 Å². The molecule has 0 saturated carbocycles. The Kier molecular flexibility index (Phi) is 6.75. The van der Waals surface area contributed by atoms with Gasteiger partial charge in [-0.2, -0.15) is 0 Å². The highest BCUT2D eigenvalue weighted by Crippen LogP contribution is 2.24. The van der Waals surface area contributed by atoms with E-state index in [2.05, 4.69) is 38.4 Å². The summed E-state index contributed by atoms with van der Waals surface area (Å²) < 4.78 is 14.8. The Hall–Kier alpha value is -1.46. The van der Waals surface area contributed by atoms with Gasteiger partial charge >= 0.3 is 0 Å². The maximum absolute atomic E-state index is 13.1. The van der Waals surface area contributed by atoms with E-state index in [1.807, 2.05) is 12.1 Å². The largest absolute Gasteiger partial charge is 0.341 e. The third kappa shape index (κ3) is 5.02. The quantitative estimate of drug-likeness (QED) is 0.506. The number of amides is 1. The fourth-order valence-electron chi connectivity index (χ4n) is 2.56. The van der Waals surface area contributed by atoms with Crippen LogP contribution in [0.5, 0.6) is 0 Å². The van der Waals surface area contributed by atoms with Gasteiger partial charge in [0, 0.05) is 34.0 Å². The van der Waals surface area contributed by atoms with E-state index in [1.165, 1.54) is 12.1 Å². The van der Waals surface area contributed by atoms with Gasteiger partial charge in [-0.05, 0) is 42.3 Å². The maximum atomic E-state index is 13.1. The molecule has 0 aliphatic carbocycles. The lowest BCUT2D eigenvalue weighted by Gasteiger charge is -2.24. The molecule has 0 fully saturated rings. The third-order valence-electron chi connectivity index (χ3n) is 3.74. The van der Waals surface area contributed by atoms with Crippen LogP contribution < -0.4 is 0 Å². The van der Waals surface area contributed by atoms with Crippen molar-refractivity contribution in [1.29, 1.82) is 0 Å². The van der Waals surface area contributed by atoms with Crippen LogP contribution >= 0.6 is 31.9 Å². The highest BCUT2D eigenvalue weighted by Gasteiger charge is 2.18. The predicted molar refractivity (Wildman–Crippen MR) is 103 cm³/mol. The van der Waals surface area contributed by atoms with Crippen LogP contribution in [0.4, 0.5) is 4.39 Å². The molecule has 0 radical (unpaired) electrons. The molecule has 1 atom stereocenters. The number of carbonyl (C=O) groups excluding carboxylic acids is 1. The van der Waals surface area contributed by atoms with Gasteiger partial charge in [0.15, 0.2) is 0 Å². The number of rotatable bonds is 6. The van der Waals surface area contributed by atoms with Gasteiger partial charge in [0.25, 0.3) is 5.91 Å². The first-order valence-corrected chi connectivity index (χ1v) is 9.07. The highest BCUT2D eigenvalue weighted by atomic mass is 79.9. The van der Waals surface area contributed by atoms with Crippen molar-refractivity contribution >= 4 is 37.8 Å². The summed E-state index contributed by atoms with van der Waals surface area (Å²) in [7, 11) is 1.77. The number of likely N-dealkylation sites (N-methyl/N-ethyl adjacent to an activating group) is 1. The second-order valence-corrected chi connectivity index (χ2v) is 7.45. The van der Waals surface area contributed by atoms with Crippen LogP contribution in [0.2, 0.25) is 0 Å². The lowest BCUT2D eigenvalue weighted by molar-refractivity contribution is 0.0786. The zero-order valence-electron chi connectivity index (χ0n) is 13.3. The topological polar surface area (TPSA) is 20.3 Å². The maximum Gasteiger partial charge on any atom is 0.253 e. The Balaban J connectivity index is 2.17. The average molecular weight is 455 g/mol. The molecular weight excluding hydrogens is 437 g/mol. The van der Waals surface area contributed by atoms with E-state index >= 15 is 0 Å². The van der Waals surface area contributed by atoms with Crippen molar-refractivity contribution in [2.45, 2.75) is 12.3 Å². The molecule has 0 N–H and O–H groups in total. The Bertz CT molecular complexity index is 710. The summed E-state index contributed by atoms with van der Waals surface area (Å²) >= 11 is 6.80. The standard InChI is InChI=1S/C19H18Br2FNO/c1-3-4-14(13-5-7-18(22)8-6-13)12-23(2)19(24)15-9-16(20)11-17(21)10-15/h3,5-11,14H,1,4,12H2,2H3/t14-/m1/s1. The van der Waals surface area contributed by atoms with Crippen LogP contribution in [0.25, 0.3) is 0 Å². The summed E-state index contributed by atoms with van der Waals surface area (Å²) in [6.07, 6.45) is 2.54. The second kappa shape index (κ2) is 8.58. The van der Waals surface area contributed by atoms with Gasteiger partial charge in [0.2, 0.25) is 0 Å². The smallest absolute Gasteiger partial charge is 0.253 e. The molecule has 2 rings (SSSR count). The molecule has 0 bridgehead atoms. The molecule has 126 valence electrons. The molecule has 0 spiro atoms. The highest BCUT2D eigenvalue weighted by molar-refractivity contribution is 9.11. The Morgan fingerprint density at radius 3 is 2.33 bits per heavy atom. The molecule has 0 aliphatic heterocycles. The molecule has 2 aromatic carbocycles. The summed E-state index contributed by atoms with van der Waals surface area (Å²) in [5.41, 5.74) is 1.60. The van der Waals surface area contributed by atoms with Crippen LogP contribution in [-0.4, -0.2) is 24.4 Å². The lowest BCUT2D eigenvalue weighted by atomic mass is 9.95. The van der Waals surface area contributed by atoms with Crippen molar-refractivity contribution in [2.75, 3.05) is 13.6 Å². The van der Waals surface area contributed by atoms with Crippen molar-refractivity contribution in [3.05, 3.63) is 81.0 Å². The Morgan fingerprint density at radius 2 is 1.79 bits per heavy atom. The van der Waals surface area contributed by atoms with Gasteiger partial charge in [-0.15, -0.1) is 6.58 Å². The molecule has 0 heterocycles. The second-order valence-electron chi connectivity index (χ2n) is 5.62. The van der Waals surface area contributed by atoms with Crippen molar-refractivity contribution in [3.8, 4) is 0 Å². The molecule has 1 amide bonds. The summed E-state index contributed by atoms with van der Waals surface area (Å²) in [4.78, 5) is 14.4. The normalized spacial score (nSPS) is 11.8. The first kappa shape index (κ1) is 18.9. The van der Waals surface area contributed by atoms with E-state index in [0.29, 0.717) is 18.5 Å². The molecule has 24 heavy (non-hydrogen) atoms. The van der Waals surface area contributed by atoms with Crippen LogP contribution in [0.15, 0.2) is 64.1 Å². The fraction of sp³-hybridized carbons (Fsp3) is 0.211. The minimum absolute atomic E-state index is 0.0619. The Morgan fingerprint density at radius 1 is 1.21 bits per heavy atom. The molecule has 0 saturated heterocycles. The molecular formula is C19H18Br2FNO. The van der Waals surface area contributed by atoms with Gasteiger partial charge in [-0.25, -0.2) is 4.39 Å². The van der Waals surface area contributed by atoms with E-state index in [9.17, 15) is 9.18 Å². The zero-order valence-corrected chi connectivity index (χ0v) is 16.5. The number of halogens is 3. The summed E-state index contributed by atoms with van der Waals surface area (Å²) in [5.74, 6) is -0.250.